The Morgan fingerprint density at radius 2 is 1.54 bits per heavy atom. The van der Waals surface area contributed by atoms with Crippen molar-refractivity contribution in [3.05, 3.63) is 99.3 Å². The third-order valence-corrected chi connectivity index (χ3v) is 7.77. The van der Waals surface area contributed by atoms with Crippen LogP contribution in [0.25, 0.3) is 33.6 Å². The summed E-state index contributed by atoms with van der Waals surface area (Å²) < 4.78 is 14.0. The van der Waals surface area contributed by atoms with Crippen LogP contribution in [-0.2, 0) is 0 Å². The largest absolute Gasteiger partial charge is 0.493 e. The summed E-state index contributed by atoms with van der Waals surface area (Å²) in [6.07, 6.45) is 9.21. The fourth-order valence-corrected chi connectivity index (χ4v) is 5.74. The van der Waals surface area contributed by atoms with Crippen molar-refractivity contribution in [2.75, 3.05) is 13.7 Å². The van der Waals surface area contributed by atoms with E-state index < -0.39 is 0 Å². The molecule has 5 nitrogen and oxygen atoms in total. The lowest BCUT2D eigenvalue weighted by molar-refractivity contribution is 0.284. The molecule has 0 aliphatic heterocycles. The highest BCUT2D eigenvalue weighted by molar-refractivity contribution is 7.15. The van der Waals surface area contributed by atoms with Gasteiger partial charge in [0.2, 0.25) is 0 Å². The van der Waals surface area contributed by atoms with Crippen molar-refractivity contribution in [3.63, 3.8) is 0 Å². The number of aromatic nitrogens is 2. The van der Waals surface area contributed by atoms with E-state index in [2.05, 4.69) is 6.92 Å². The van der Waals surface area contributed by atoms with Gasteiger partial charge in [-0.3, -0.25) is 4.79 Å². The van der Waals surface area contributed by atoms with E-state index in [0.29, 0.717) is 21.8 Å². The molecule has 0 amide bonds. The summed E-state index contributed by atoms with van der Waals surface area (Å²) in [4.78, 5) is 19.3. The predicted octanol–water partition coefficient (Wildman–Crippen LogP) is 7.39. The lowest BCUT2D eigenvalue weighted by Crippen LogP contribution is -2.23. The van der Waals surface area contributed by atoms with Crippen LogP contribution in [0.3, 0.4) is 0 Å². The molecule has 200 valence electrons. The molecule has 0 unspecified atom stereocenters. The number of rotatable bonds is 12. The fraction of sp³-hybridized carbons (Fsp3) is 0.273. The van der Waals surface area contributed by atoms with E-state index in [-0.39, 0.29) is 5.56 Å². The van der Waals surface area contributed by atoms with Gasteiger partial charge in [-0.15, -0.1) is 0 Å². The maximum Gasteiger partial charge on any atom is 0.274 e. The van der Waals surface area contributed by atoms with Crippen molar-refractivity contribution < 1.29 is 9.47 Å². The zero-order valence-corrected chi connectivity index (χ0v) is 23.4. The van der Waals surface area contributed by atoms with Crippen LogP contribution in [0.2, 0.25) is 0 Å². The van der Waals surface area contributed by atoms with Crippen LogP contribution < -0.4 is 19.6 Å². The molecule has 0 saturated heterocycles. The van der Waals surface area contributed by atoms with E-state index in [4.69, 9.17) is 14.5 Å². The van der Waals surface area contributed by atoms with Gasteiger partial charge in [0.15, 0.2) is 16.5 Å². The minimum absolute atomic E-state index is 0.0779. The molecule has 6 heteroatoms. The van der Waals surface area contributed by atoms with Crippen LogP contribution in [0.4, 0.5) is 0 Å². The minimum Gasteiger partial charge on any atom is -0.493 e. The Labute approximate surface area is 233 Å². The average molecular weight is 539 g/mol. The lowest BCUT2D eigenvalue weighted by atomic mass is 10.1. The number of thiazole rings is 1. The smallest absolute Gasteiger partial charge is 0.274 e. The molecule has 2 aromatic heterocycles. The summed E-state index contributed by atoms with van der Waals surface area (Å²) in [7, 11) is 1.65. The molecule has 5 aromatic rings. The Morgan fingerprint density at radius 3 is 2.26 bits per heavy atom. The van der Waals surface area contributed by atoms with Gasteiger partial charge in [0.25, 0.3) is 5.56 Å². The number of unbranched alkanes of at least 4 members (excludes halogenated alkanes) is 5. The Hall–Kier alpha value is -3.90. The van der Waals surface area contributed by atoms with E-state index >= 15 is 0 Å². The SMILES string of the molecule is CCCCCCCCOc1ccc(/C=c2\sc3nc(-c4ccccc4)c(-c4ccccc4)n3c2=O)cc1OC. The number of fused-ring (bicyclic) bond motifs is 1. The molecular weight excluding hydrogens is 504 g/mol. The number of imidazole rings is 1. The standard InChI is InChI=1S/C33H34N2O3S/c1-3-4-5-6-7-14-21-38-27-20-19-24(22-28(27)37-2)23-29-32(36)35-31(26-17-12-9-13-18-26)30(34-33(35)39-29)25-15-10-8-11-16-25/h8-13,15-20,22-23H,3-7,14,21H2,1-2H3/b29-23-. The van der Waals surface area contributed by atoms with Crippen LogP contribution in [0.5, 0.6) is 11.5 Å². The highest BCUT2D eigenvalue weighted by atomic mass is 32.1. The van der Waals surface area contributed by atoms with Crippen LogP contribution in [0.1, 0.15) is 51.0 Å². The Balaban J connectivity index is 1.45. The third kappa shape index (κ3) is 6.07. The summed E-state index contributed by atoms with van der Waals surface area (Å²) in [5, 5.41) is 0. The first kappa shape index (κ1) is 26.7. The monoisotopic (exact) mass is 538 g/mol. The first-order chi connectivity index (χ1) is 19.2. The summed E-state index contributed by atoms with van der Waals surface area (Å²) in [5.74, 6) is 1.39. The van der Waals surface area contributed by atoms with Gasteiger partial charge in [-0.1, -0.05) is 117 Å². The molecule has 0 fully saturated rings. The Kier molecular flexibility index (Phi) is 8.74. The molecule has 3 aromatic carbocycles. The third-order valence-electron chi connectivity index (χ3n) is 6.80. The number of nitrogens with zero attached hydrogens (tertiary/aromatic N) is 2. The van der Waals surface area contributed by atoms with Crippen LogP contribution in [0, 0.1) is 0 Å². The minimum atomic E-state index is -0.0779. The Morgan fingerprint density at radius 1 is 0.846 bits per heavy atom. The molecule has 0 aliphatic rings. The van der Waals surface area contributed by atoms with Gasteiger partial charge < -0.3 is 9.47 Å². The molecular formula is C33H34N2O3S. The molecule has 39 heavy (non-hydrogen) atoms. The molecule has 0 spiro atoms. The number of hydrogen-bond donors (Lipinski definition) is 0. The van der Waals surface area contributed by atoms with E-state index in [1.807, 2.05) is 84.9 Å². The van der Waals surface area contributed by atoms with Gasteiger partial charge in [-0.05, 0) is 30.2 Å². The average Bonchev–Trinajstić information content (AvgIpc) is 3.50. The van der Waals surface area contributed by atoms with Gasteiger partial charge in [0, 0.05) is 11.1 Å². The molecule has 0 atom stereocenters. The molecule has 5 rings (SSSR count). The number of methoxy groups -OCH3 is 1. The van der Waals surface area contributed by atoms with Crippen molar-refractivity contribution >= 4 is 22.4 Å². The van der Waals surface area contributed by atoms with Gasteiger partial charge in [-0.2, -0.15) is 0 Å². The van der Waals surface area contributed by atoms with Crippen molar-refractivity contribution in [1.82, 2.24) is 9.38 Å². The van der Waals surface area contributed by atoms with Gasteiger partial charge in [-0.25, -0.2) is 9.38 Å². The maximum absolute atomic E-state index is 13.7. The highest BCUT2D eigenvalue weighted by Crippen LogP contribution is 2.33. The van der Waals surface area contributed by atoms with Crippen LogP contribution >= 0.6 is 11.3 Å². The van der Waals surface area contributed by atoms with Gasteiger partial charge >= 0.3 is 0 Å². The van der Waals surface area contributed by atoms with E-state index in [9.17, 15) is 4.79 Å². The van der Waals surface area contributed by atoms with Crippen LogP contribution in [0.15, 0.2) is 83.7 Å². The second-order valence-corrected chi connectivity index (χ2v) is 10.6. The van der Waals surface area contributed by atoms with Crippen LogP contribution in [-0.4, -0.2) is 23.1 Å². The quantitative estimate of drug-likeness (QED) is 0.156. The first-order valence-corrected chi connectivity index (χ1v) is 14.5. The lowest BCUT2D eigenvalue weighted by Gasteiger charge is -2.11. The summed E-state index contributed by atoms with van der Waals surface area (Å²) >= 11 is 1.40. The van der Waals surface area contributed by atoms with E-state index in [1.165, 1.54) is 43.4 Å². The van der Waals surface area contributed by atoms with Gasteiger partial charge in [0.1, 0.15) is 0 Å². The fourth-order valence-electron chi connectivity index (χ4n) is 4.77. The van der Waals surface area contributed by atoms with E-state index in [1.54, 1.807) is 11.5 Å². The zero-order chi connectivity index (χ0) is 27.0. The molecule has 2 heterocycles. The normalized spacial score (nSPS) is 11.8. The molecule has 0 aliphatic carbocycles. The summed E-state index contributed by atoms with van der Waals surface area (Å²) in [5.41, 5.74) is 4.37. The van der Waals surface area contributed by atoms with Crippen molar-refractivity contribution in [2.24, 2.45) is 0 Å². The predicted molar refractivity (Wildman–Crippen MR) is 161 cm³/mol. The summed E-state index contributed by atoms with van der Waals surface area (Å²) in [6, 6.07) is 25.8. The molecule has 0 radical (unpaired) electrons. The number of benzene rings is 3. The molecule has 0 N–H and O–H groups in total. The molecule has 0 saturated carbocycles. The second kappa shape index (κ2) is 12.8. The topological polar surface area (TPSA) is 52.8 Å². The number of hydrogen-bond acceptors (Lipinski definition) is 5. The second-order valence-electron chi connectivity index (χ2n) is 9.60. The molecule has 0 bridgehead atoms. The number of ether oxygens (including phenoxy) is 2. The van der Waals surface area contributed by atoms with Crippen molar-refractivity contribution in [3.8, 4) is 34.0 Å². The van der Waals surface area contributed by atoms with Crippen molar-refractivity contribution in [2.45, 2.75) is 45.4 Å². The summed E-state index contributed by atoms with van der Waals surface area (Å²) in [6.45, 7) is 2.90. The maximum atomic E-state index is 13.7. The van der Waals surface area contributed by atoms with E-state index in [0.717, 1.165) is 40.2 Å². The van der Waals surface area contributed by atoms with Gasteiger partial charge in [0.05, 0.1) is 29.6 Å². The van der Waals surface area contributed by atoms with Crippen molar-refractivity contribution in [1.29, 1.82) is 0 Å². The first-order valence-electron chi connectivity index (χ1n) is 13.7. The zero-order valence-electron chi connectivity index (χ0n) is 22.6. The highest BCUT2D eigenvalue weighted by Gasteiger charge is 2.20. The Bertz CT molecular complexity index is 1620.